The van der Waals surface area contributed by atoms with Crippen molar-refractivity contribution in [3.8, 4) is 0 Å². The molecular formula is C17H23N3S. The predicted molar refractivity (Wildman–Crippen MR) is 89.4 cm³/mol. The zero-order valence-electron chi connectivity index (χ0n) is 13.0. The third-order valence-corrected chi connectivity index (χ3v) is 6.08. The molecule has 112 valence electrons. The van der Waals surface area contributed by atoms with E-state index in [1.165, 1.54) is 54.3 Å². The lowest BCUT2D eigenvalue weighted by Gasteiger charge is -2.14. The Balaban J connectivity index is 1.89. The van der Waals surface area contributed by atoms with Crippen LogP contribution >= 0.6 is 11.3 Å². The molecule has 1 saturated carbocycles. The van der Waals surface area contributed by atoms with Crippen LogP contribution in [0.1, 0.15) is 62.2 Å². The number of thiophene rings is 1. The fraction of sp³-hybridized carbons (Fsp3) is 0.647. The summed E-state index contributed by atoms with van der Waals surface area (Å²) in [5, 5.41) is 4.90. The van der Waals surface area contributed by atoms with Gasteiger partial charge in [0.05, 0.1) is 5.39 Å². The third-order valence-electron chi connectivity index (χ3n) is 4.90. The number of aryl methyl sites for hydroxylation is 2. The van der Waals surface area contributed by atoms with Gasteiger partial charge in [0, 0.05) is 16.8 Å². The van der Waals surface area contributed by atoms with Crippen LogP contribution in [0, 0.1) is 0 Å². The zero-order valence-corrected chi connectivity index (χ0v) is 13.8. The van der Waals surface area contributed by atoms with Gasteiger partial charge in [-0.1, -0.05) is 13.8 Å². The average Bonchev–Trinajstić information content (AvgIpc) is 3.13. The third kappa shape index (κ3) is 2.24. The first-order valence-electron chi connectivity index (χ1n) is 8.28. The topological polar surface area (TPSA) is 37.8 Å². The minimum Gasteiger partial charge on any atom is -0.369 e. The molecule has 2 aromatic heterocycles. The van der Waals surface area contributed by atoms with Crippen LogP contribution in [0.25, 0.3) is 10.2 Å². The van der Waals surface area contributed by atoms with Gasteiger partial charge < -0.3 is 5.32 Å². The van der Waals surface area contributed by atoms with Crippen molar-refractivity contribution in [2.24, 2.45) is 0 Å². The molecule has 0 radical (unpaired) electrons. The Morgan fingerprint density at radius 2 is 2.00 bits per heavy atom. The van der Waals surface area contributed by atoms with Gasteiger partial charge in [-0.15, -0.1) is 11.3 Å². The fourth-order valence-electron chi connectivity index (χ4n) is 3.21. The van der Waals surface area contributed by atoms with E-state index in [-0.39, 0.29) is 5.41 Å². The average molecular weight is 301 g/mol. The molecule has 0 saturated heterocycles. The van der Waals surface area contributed by atoms with Crippen LogP contribution in [0.2, 0.25) is 0 Å². The van der Waals surface area contributed by atoms with Gasteiger partial charge in [0.2, 0.25) is 0 Å². The molecular weight excluding hydrogens is 278 g/mol. The molecule has 2 aromatic rings. The van der Waals surface area contributed by atoms with Crippen LogP contribution < -0.4 is 5.32 Å². The lowest BCUT2D eigenvalue weighted by atomic mass is 9.97. The Bertz CT molecular complexity index is 685. The lowest BCUT2D eigenvalue weighted by Crippen LogP contribution is -2.11. The molecule has 0 spiro atoms. The quantitative estimate of drug-likeness (QED) is 0.907. The summed E-state index contributed by atoms with van der Waals surface area (Å²) in [5.74, 6) is 2.16. The van der Waals surface area contributed by atoms with Gasteiger partial charge in [0.15, 0.2) is 0 Å². The summed E-state index contributed by atoms with van der Waals surface area (Å²) in [6.07, 6.45) is 8.67. The molecule has 1 N–H and O–H groups in total. The standard InChI is InChI=1S/C17H23N3S/c1-3-10-18-14-13-11-6-4-5-7-12(11)21-15(13)20-16(19-14)17(2)8-9-17/h3-10H2,1-2H3,(H,18,19,20). The van der Waals surface area contributed by atoms with E-state index in [2.05, 4.69) is 19.2 Å². The minimum atomic E-state index is 0.237. The predicted octanol–water partition coefficient (Wildman–Crippen LogP) is 4.44. The van der Waals surface area contributed by atoms with Crippen LogP contribution in [0.3, 0.4) is 0 Å². The molecule has 0 amide bonds. The number of nitrogens with zero attached hydrogens (tertiary/aromatic N) is 2. The van der Waals surface area contributed by atoms with Gasteiger partial charge in [-0.25, -0.2) is 9.97 Å². The van der Waals surface area contributed by atoms with E-state index >= 15 is 0 Å². The number of aromatic nitrogens is 2. The Morgan fingerprint density at radius 3 is 2.76 bits per heavy atom. The van der Waals surface area contributed by atoms with Crippen molar-refractivity contribution < 1.29 is 0 Å². The minimum absolute atomic E-state index is 0.237. The number of rotatable bonds is 4. The highest BCUT2D eigenvalue weighted by atomic mass is 32.1. The second-order valence-electron chi connectivity index (χ2n) is 6.77. The number of hydrogen-bond donors (Lipinski definition) is 1. The maximum Gasteiger partial charge on any atom is 0.138 e. The fourth-order valence-corrected chi connectivity index (χ4v) is 4.47. The summed E-state index contributed by atoms with van der Waals surface area (Å²) in [6, 6.07) is 0. The van der Waals surface area contributed by atoms with Crippen molar-refractivity contribution in [3.63, 3.8) is 0 Å². The molecule has 0 bridgehead atoms. The highest BCUT2D eigenvalue weighted by molar-refractivity contribution is 7.19. The second-order valence-corrected chi connectivity index (χ2v) is 7.86. The lowest BCUT2D eigenvalue weighted by molar-refractivity contribution is 0.699. The molecule has 4 heteroatoms. The Morgan fingerprint density at radius 1 is 1.19 bits per heavy atom. The number of nitrogens with one attached hydrogen (secondary N) is 1. The van der Waals surface area contributed by atoms with Gasteiger partial charge in [-0.05, 0) is 50.5 Å². The van der Waals surface area contributed by atoms with Gasteiger partial charge in [-0.2, -0.15) is 0 Å². The Labute approximate surface area is 130 Å². The van der Waals surface area contributed by atoms with E-state index in [1.54, 1.807) is 4.88 Å². The molecule has 3 nitrogen and oxygen atoms in total. The van der Waals surface area contributed by atoms with E-state index in [1.807, 2.05) is 11.3 Å². The molecule has 0 atom stereocenters. The molecule has 2 aliphatic rings. The van der Waals surface area contributed by atoms with E-state index in [9.17, 15) is 0 Å². The van der Waals surface area contributed by atoms with Crippen molar-refractivity contribution in [1.82, 2.24) is 9.97 Å². The number of hydrogen-bond acceptors (Lipinski definition) is 4. The van der Waals surface area contributed by atoms with Gasteiger partial charge in [-0.3, -0.25) is 0 Å². The Kier molecular flexibility index (Phi) is 3.18. The summed E-state index contributed by atoms with van der Waals surface area (Å²) in [7, 11) is 0. The first-order valence-corrected chi connectivity index (χ1v) is 9.09. The molecule has 0 unspecified atom stereocenters. The van der Waals surface area contributed by atoms with E-state index in [0.717, 1.165) is 24.6 Å². The highest BCUT2D eigenvalue weighted by Gasteiger charge is 2.42. The molecule has 0 aliphatic heterocycles. The summed E-state index contributed by atoms with van der Waals surface area (Å²) in [6.45, 7) is 5.50. The normalized spacial score (nSPS) is 19.5. The summed E-state index contributed by atoms with van der Waals surface area (Å²) >= 11 is 1.91. The molecule has 4 rings (SSSR count). The van der Waals surface area contributed by atoms with Crippen LogP contribution in [0.15, 0.2) is 0 Å². The molecule has 1 fully saturated rings. The van der Waals surface area contributed by atoms with E-state index in [0.29, 0.717) is 0 Å². The summed E-state index contributed by atoms with van der Waals surface area (Å²) in [4.78, 5) is 12.7. The Hall–Kier alpha value is -1.16. The van der Waals surface area contributed by atoms with E-state index in [4.69, 9.17) is 9.97 Å². The van der Waals surface area contributed by atoms with Gasteiger partial charge in [0.25, 0.3) is 0 Å². The SMILES string of the molecule is CCCNc1nc(C2(C)CC2)nc2sc3c(c12)CCCC3. The summed E-state index contributed by atoms with van der Waals surface area (Å²) in [5.41, 5.74) is 1.77. The van der Waals surface area contributed by atoms with Crippen LogP contribution in [-0.2, 0) is 18.3 Å². The molecule has 2 heterocycles. The highest BCUT2D eigenvalue weighted by Crippen LogP contribution is 2.48. The van der Waals surface area contributed by atoms with Crippen molar-refractivity contribution in [2.75, 3.05) is 11.9 Å². The summed E-state index contributed by atoms with van der Waals surface area (Å²) < 4.78 is 0. The van der Waals surface area contributed by atoms with Crippen molar-refractivity contribution in [2.45, 2.75) is 64.2 Å². The maximum absolute atomic E-state index is 4.95. The molecule has 21 heavy (non-hydrogen) atoms. The first kappa shape index (κ1) is 13.5. The van der Waals surface area contributed by atoms with Crippen molar-refractivity contribution in [1.29, 1.82) is 0 Å². The number of fused-ring (bicyclic) bond motifs is 3. The van der Waals surface area contributed by atoms with Gasteiger partial charge >= 0.3 is 0 Å². The van der Waals surface area contributed by atoms with Crippen LogP contribution in [-0.4, -0.2) is 16.5 Å². The van der Waals surface area contributed by atoms with Crippen LogP contribution in [0.5, 0.6) is 0 Å². The largest absolute Gasteiger partial charge is 0.369 e. The van der Waals surface area contributed by atoms with Crippen molar-refractivity contribution in [3.05, 3.63) is 16.3 Å². The van der Waals surface area contributed by atoms with Gasteiger partial charge in [0.1, 0.15) is 16.5 Å². The second kappa shape index (κ2) is 4.94. The maximum atomic E-state index is 4.95. The van der Waals surface area contributed by atoms with E-state index < -0.39 is 0 Å². The molecule has 0 aromatic carbocycles. The smallest absolute Gasteiger partial charge is 0.138 e. The monoisotopic (exact) mass is 301 g/mol. The zero-order chi connectivity index (χ0) is 14.4. The number of anilines is 1. The van der Waals surface area contributed by atoms with Crippen molar-refractivity contribution >= 4 is 27.4 Å². The molecule has 2 aliphatic carbocycles. The van der Waals surface area contributed by atoms with Crippen LogP contribution in [0.4, 0.5) is 5.82 Å². The first-order chi connectivity index (χ1) is 10.2.